The Labute approximate surface area is 169 Å². The van der Waals surface area contributed by atoms with Gasteiger partial charge in [-0.2, -0.15) is 0 Å². The molecule has 4 rings (SSSR count). The topological polar surface area (TPSA) is 89.2 Å². The van der Waals surface area contributed by atoms with Gasteiger partial charge in [0.15, 0.2) is 11.5 Å². The first-order valence-electron chi connectivity index (χ1n) is 11.2. The van der Waals surface area contributed by atoms with E-state index in [-0.39, 0.29) is 17.0 Å². The Morgan fingerprint density at radius 2 is 1.82 bits per heavy atom. The van der Waals surface area contributed by atoms with Crippen molar-refractivity contribution < 1.29 is 27.2 Å². The molecule has 0 aliphatic rings. The lowest BCUT2D eigenvalue weighted by molar-refractivity contribution is 0.103. The van der Waals surface area contributed by atoms with E-state index in [9.17, 15) is 4.79 Å². The lowest BCUT2D eigenvalue weighted by Gasteiger charge is -2.13. The summed E-state index contributed by atoms with van der Waals surface area (Å²) in [5.41, 5.74) is 1.68. The monoisotopic (exact) mass is 383 g/mol. The number of carbonyl (C=O) groups is 1. The van der Waals surface area contributed by atoms with E-state index >= 15 is 0 Å². The van der Waals surface area contributed by atoms with Crippen molar-refractivity contribution in [2.45, 2.75) is 0 Å². The molecule has 0 radical (unpaired) electrons. The quantitative estimate of drug-likeness (QED) is 0.494. The van der Waals surface area contributed by atoms with Gasteiger partial charge in [-0.3, -0.25) is 4.79 Å². The second-order valence-corrected chi connectivity index (χ2v) is 5.92. The molecule has 2 N–H and O–H groups in total. The van der Waals surface area contributed by atoms with Crippen molar-refractivity contribution in [2.75, 3.05) is 21.2 Å². The first-order chi connectivity index (χ1) is 15.9. The van der Waals surface area contributed by atoms with Crippen LogP contribution in [0.2, 0.25) is 0 Å². The molecule has 0 saturated heterocycles. The van der Waals surface area contributed by atoms with Crippen molar-refractivity contribution in [1.29, 1.82) is 0 Å². The number of fused-ring (bicyclic) bond motifs is 1. The Morgan fingerprint density at radius 1 is 1.04 bits per heavy atom. The molecular weight excluding hydrogens is 358 g/mol. The summed E-state index contributed by atoms with van der Waals surface area (Å²) in [6.07, 6.45) is 3.19. The third kappa shape index (κ3) is 2.87. The fourth-order valence-electron chi connectivity index (χ4n) is 3.03. The van der Waals surface area contributed by atoms with Crippen LogP contribution in [0.15, 0.2) is 48.8 Å². The SMILES string of the molecule is [2H]C([2H])([2H])Oc1cc(C(=O)c2c[nH]c(-c3c[nH]c4ccccc34)n2)cc(OC)c1OC([2H])([2H])[2H]. The molecular formula is C21H19N3O4. The first-order valence-corrected chi connectivity index (χ1v) is 8.22. The fourth-order valence-corrected chi connectivity index (χ4v) is 3.03. The Kier molecular flexibility index (Phi) is 3.01. The second-order valence-electron chi connectivity index (χ2n) is 5.92. The number of imidazole rings is 1. The summed E-state index contributed by atoms with van der Waals surface area (Å²) < 4.78 is 59.2. The minimum Gasteiger partial charge on any atom is -0.493 e. The van der Waals surface area contributed by atoms with Crippen LogP contribution in [0, 0.1) is 0 Å². The van der Waals surface area contributed by atoms with Gasteiger partial charge in [-0.05, 0) is 18.2 Å². The number of benzene rings is 2. The molecule has 2 aromatic carbocycles. The number of nitrogens with one attached hydrogen (secondary N) is 2. The van der Waals surface area contributed by atoms with E-state index in [0.29, 0.717) is 5.82 Å². The summed E-state index contributed by atoms with van der Waals surface area (Å²) in [5.74, 6) is -1.25. The van der Waals surface area contributed by atoms with Crippen molar-refractivity contribution >= 4 is 16.7 Å². The number of ether oxygens (including phenoxy) is 3. The van der Waals surface area contributed by atoms with Gasteiger partial charge in [0, 0.05) is 34.4 Å². The number of ketones is 1. The molecule has 7 nitrogen and oxygen atoms in total. The Hall–Kier alpha value is -3.74. The number of aromatic amines is 2. The number of hydrogen-bond acceptors (Lipinski definition) is 5. The van der Waals surface area contributed by atoms with Crippen LogP contribution in [-0.4, -0.2) is 41.9 Å². The van der Waals surface area contributed by atoms with E-state index in [1.807, 2.05) is 24.3 Å². The number of nitrogens with zero attached hydrogens (tertiary/aromatic N) is 1. The van der Waals surface area contributed by atoms with Crippen molar-refractivity contribution in [3.8, 4) is 28.6 Å². The third-order valence-corrected chi connectivity index (χ3v) is 4.37. The highest BCUT2D eigenvalue weighted by Crippen LogP contribution is 2.38. The summed E-state index contributed by atoms with van der Waals surface area (Å²) in [6, 6.07) is 9.92. The van der Waals surface area contributed by atoms with Crippen LogP contribution in [0.1, 0.15) is 24.3 Å². The van der Waals surface area contributed by atoms with Gasteiger partial charge in [-0.1, -0.05) is 18.2 Å². The summed E-state index contributed by atoms with van der Waals surface area (Å²) >= 11 is 0. The molecule has 4 aromatic rings. The third-order valence-electron chi connectivity index (χ3n) is 4.37. The van der Waals surface area contributed by atoms with E-state index in [1.165, 1.54) is 19.4 Å². The summed E-state index contributed by atoms with van der Waals surface area (Å²) in [5, 5.41) is 0.914. The van der Waals surface area contributed by atoms with Crippen LogP contribution in [0.3, 0.4) is 0 Å². The maximum absolute atomic E-state index is 13.2. The maximum atomic E-state index is 13.2. The number of methoxy groups -OCH3 is 3. The zero-order valence-electron chi connectivity index (χ0n) is 20.7. The normalized spacial score (nSPS) is 14.9. The van der Waals surface area contributed by atoms with Crippen LogP contribution < -0.4 is 14.2 Å². The smallest absolute Gasteiger partial charge is 0.213 e. The predicted octanol–water partition coefficient (Wildman–Crippen LogP) is 3.81. The fraction of sp³-hybridized carbons (Fsp3) is 0.143. The van der Waals surface area contributed by atoms with Gasteiger partial charge in [0.1, 0.15) is 11.5 Å². The van der Waals surface area contributed by atoms with Crippen LogP contribution in [0.5, 0.6) is 17.2 Å². The van der Waals surface area contributed by atoms with Gasteiger partial charge >= 0.3 is 0 Å². The number of hydrogen-bond donors (Lipinski definition) is 2. The molecule has 0 amide bonds. The zero-order valence-corrected chi connectivity index (χ0v) is 14.7. The van der Waals surface area contributed by atoms with Crippen molar-refractivity contribution in [2.24, 2.45) is 0 Å². The first kappa shape index (κ1) is 11.9. The number of aromatic nitrogens is 3. The van der Waals surface area contributed by atoms with Crippen LogP contribution in [0.4, 0.5) is 0 Å². The highest BCUT2D eigenvalue weighted by molar-refractivity contribution is 6.09. The van der Waals surface area contributed by atoms with Gasteiger partial charge in [-0.15, -0.1) is 0 Å². The highest BCUT2D eigenvalue weighted by Gasteiger charge is 2.20. The molecule has 0 aliphatic heterocycles. The minimum atomic E-state index is -2.94. The van der Waals surface area contributed by atoms with Gasteiger partial charge in [-0.25, -0.2) is 4.98 Å². The molecule has 0 bridgehead atoms. The summed E-state index contributed by atoms with van der Waals surface area (Å²) in [4.78, 5) is 23.7. The van der Waals surface area contributed by atoms with Crippen LogP contribution >= 0.6 is 0 Å². The molecule has 0 unspecified atom stereocenters. The van der Waals surface area contributed by atoms with E-state index in [2.05, 4.69) is 15.0 Å². The van der Waals surface area contributed by atoms with Crippen molar-refractivity contribution in [3.05, 3.63) is 60.0 Å². The Bertz CT molecular complexity index is 1360. The minimum absolute atomic E-state index is 0.0361. The molecule has 142 valence electrons. The molecule has 7 heteroatoms. The molecule has 0 aliphatic carbocycles. The summed E-state index contributed by atoms with van der Waals surface area (Å²) in [7, 11) is -4.63. The van der Waals surface area contributed by atoms with E-state index in [4.69, 9.17) is 22.4 Å². The van der Waals surface area contributed by atoms with Crippen LogP contribution in [0.25, 0.3) is 22.3 Å². The lowest BCUT2D eigenvalue weighted by Crippen LogP contribution is -2.04. The van der Waals surface area contributed by atoms with E-state index < -0.39 is 31.4 Å². The Morgan fingerprint density at radius 3 is 2.61 bits per heavy atom. The van der Waals surface area contributed by atoms with E-state index in [1.54, 1.807) is 6.20 Å². The van der Waals surface area contributed by atoms with Gasteiger partial charge in [0.2, 0.25) is 11.5 Å². The molecule has 0 atom stereocenters. The summed E-state index contributed by atoms with van der Waals surface area (Å²) in [6.45, 7) is 0. The number of carbonyl (C=O) groups excluding carboxylic acids is 1. The van der Waals surface area contributed by atoms with Crippen molar-refractivity contribution in [1.82, 2.24) is 15.0 Å². The van der Waals surface area contributed by atoms with Gasteiger partial charge < -0.3 is 24.2 Å². The molecule has 0 spiro atoms. The molecule has 28 heavy (non-hydrogen) atoms. The largest absolute Gasteiger partial charge is 0.493 e. The molecule has 0 saturated carbocycles. The lowest BCUT2D eigenvalue weighted by atomic mass is 10.1. The second kappa shape index (κ2) is 7.11. The zero-order chi connectivity index (χ0) is 24.7. The van der Waals surface area contributed by atoms with Gasteiger partial charge in [0.25, 0.3) is 0 Å². The highest BCUT2D eigenvalue weighted by atomic mass is 16.5. The average molecular weight is 383 g/mol. The maximum Gasteiger partial charge on any atom is 0.213 e. The predicted molar refractivity (Wildman–Crippen MR) is 105 cm³/mol. The number of para-hydroxylation sites is 1. The molecule has 2 aromatic heterocycles. The number of rotatable bonds is 6. The average Bonchev–Trinajstić information content (AvgIpc) is 3.39. The van der Waals surface area contributed by atoms with Gasteiger partial charge in [0.05, 0.1) is 29.4 Å². The Balaban J connectivity index is 1.74. The van der Waals surface area contributed by atoms with Crippen LogP contribution in [-0.2, 0) is 0 Å². The van der Waals surface area contributed by atoms with Crippen molar-refractivity contribution in [3.63, 3.8) is 0 Å². The number of H-pyrrole nitrogens is 2. The standard InChI is InChI=1S/C21H19N3O4/c1-26-17-8-12(9-18(27-2)20(17)28-3)19(25)16-11-23-21(24-16)14-10-22-15-7-5-4-6-13(14)15/h4-11,22H,1-3H3,(H,23,24)/i1D3,3D3. The van der Waals surface area contributed by atoms with E-state index in [0.717, 1.165) is 22.5 Å². The molecule has 2 heterocycles. The molecule has 0 fully saturated rings.